The quantitative estimate of drug-likeness (QED) is 0.405. The second-order valence-corrected chi connectivity index (χ2v) is 4.48. The Kier molecular flexibility index (Phi) is 7.83. The summed E-state index contributed by atoms with van der Waals surface area (Å²) in [5, 5.41) is 2.71. The van der Waals surface area contributed by atoms with E-state index in [-0.39, 0.29) is 11.6 Å². The Bertz CT molecular complexity index is 372. The molecule has 7 heteroatoms. The van der Waals surface area contributed by atoms with Crippen LogP contribution in [0.3, 0.4) is 0 Å². The van der Waals surface area contributed by atoms with Gasteiger partial charge in [-0.25, -0.2) is 0 Å². The zero-order valence-electron chi connectivity index (χ0n) is 11.6. The highest BCUT2D eigenvalue weighted by Crippen LogP contribution is 2.30. The van der Waals surface area contributed by atoms with Gasteiger partial charge in [-0.05, 0) is 25.3 Å². The summed E-state index contributed by atoms with van der Waals surface area (Å²) in [5.74, 6) is -0.117. The first-order chi connectivity index (χ1) is 9.23. The Hall–Kier alpha value is -1.63. The minimum atomic E-state index is -4.51. The molecule has 0 rings (SSSR count). The number of halogens is 3. The Morgan fingerprint density at radius 1 is 1.40 bits per heavy atom. The molecule has 0 saturated carbocycles. The molecule has 116 valence electrons. The Balaban J connectivity index is 5.06. The largest absolute Gasteiger partial charge is 0.419 e. The van der Waals surface area contributed by atoms with Gasteiger partial charge in [-0.1, -0.05) is 19.6 Å². The van der Waals surface area contributed by atoms with Crippen LogP contribution in [0.5, 0.6) is 0 Å². The van der Waals surface area contributed by atoms with Crippen molar-refractivity contribution in [3.63, 3.8) is 0 Å². The summed E-state index contributed by atoms with van der Waals surface area (Å²) >= 11 is 0. The summed E-state index contributed by atoms with van der Waals surface area (Å²) in [4.78, 5) is 0. The number of rotatable bonds is 8. The van der Waals surface area contributed by atoms with Crippen molar-refractivity contribution in [1.82, 2.24) is 5.32 Å². The number of hydrogen-bond acceptors (Lipinski definition) is 4. The van der Waals surface area contributed by atoms with Gasteiger partial charge >= 0.3 is 6.18 Å². The average Bonchev–Trinajstić information content (AvgIpc) is 2.34. The minimum absolute atomic E-state index is 0.0541. The molecule has 4 nitrogen and oxygen atoms in total. The molecule has 0 bridgehead atoms. The van der Waals surface area contributed by atoms with Crippen LogP contribution in [-0.2, 0) is 0 Å². The summed E-state index contributed by atoms with van der Waals surface area (Å²) in [7, 11) is 0. The van der Waals surface area contributed by atoms with Crippen LogP contribution >= 0.6 is 0 Å². The molecule has 0 spiro atoms. The summed E-state index contributed by atoms with van der Waals surface area (Å²) in [6.07, 6.45) is -1.62. The van der Waals surface area contributed by atoms with Gasteiger partial charge in [0, 0.05) is 24.1 Å². The molecule has 0 fully saturated rings. The summed E-state index contributed by atoms with van der Waals surface area (Å²) in [6.45, 7) is 6.09. The van der Waals surface area contributed by atoms with E-state index in [1.807, 2.05) is 0 Å². The van der Waals surface area contributed by atoms with Gasteiger partial charge in [-0.15, -0.1) is 0 Å². The number of hydrogen-bond donors (Lipinski definition) is 4. The van der Waals surface area contributed by atoms with Gasteiger partial charge in [0.2, 0.25) is 0 Å². The molecule has 0 aromatic heterocycles. The van der Waals surface area contributed by atoms with E-state index in [1.54, 1.807) is 6.92 Å². The van der Waals surface area contributed by atoms with Crippen LogP contribution in [0.2, 0.25) is 0 Å². The molecule has 0 amide bonds. The second-order valence-electron chi connectivity index (χ2n) is 4.48. The van der Waals surface area contributed by atoms with Gasteiger partial charge in [0.15, 0.2) is 0 Å². The van der Waals surface area contributed by atoms with Gasteiger partial charge in [0.05, 0.1) is 5.57 Å². The van der Waals surface area contributed by atoms with E-state index in [2.05, 4.69) is 11.9 Å². The standard InChI is InChI=1S/C13H23F3N4/c1-9(10(2)19)4-5-12(20-7-3-6-17)11(8-18)13(14,15)16/h5,8-9,20H,2-4,6-7,17-19H2,1H3/b11-8+,12-5-. The Morgan fingerprint density at radius 2 is 2.00 bits per heavy atom. The number of nitrogens with one attached hydrogen (secondary N) is 1. The van der Waals surface area contributed by atoms with Crippen molar-refractivity contribution in [2.24, 2.45) is 23.1 Å². The van der Waals surface area contributed by atoms with Gasteiger partial charge in [-0.2, -0.15) is 13.2 Å². The molecule has 0 saturated heterocycles. The fraction of sp³-hybridized carbons (Fsp3) is 0.538. The first-order valence-electron chi connectivity index (χ1n) is 6.31. The highest BCUT2D eigenvalue weighted by Gasteiger charge is 2.35. The maximum absolute atomic E-state index is 12.9. The first-order valence-corrected chi connectivity index (χ1v) is 6.31. The van der Waals surface area contributed by atoms with E-state index < -0.39 is 11.7 Å². The van der Waals surface area contributed by atoms with Crippen molar-refractivity contribution in [3.05, 3.63) is 35.8 Å². The summed E-state index contributed by atoms with van der Waals surface area (Å²) in [5.41, 5.74) is 15.4. The van der Waals surface area contributed by atoms with Crippen LogP contribution in [0.4, 0.5) is 13.2 Å². The van der Waals surface area contributed by atoms with Crippen molar-refractivity contribution in [2.75, 3.05) is 13.1 Å². The summed E-state index contributed by atoms with van der Waals surface area (Å²) in [6, 6.07) is 0. The smallest absolute Gasteiger partial charge is 0.404 e. The molecule has 0 aliphatic rings. The van der Waals surface area contributed by atoms with Crippen molar-refractivity contribution in [1.29, 1.82) is 0 Å². The lowest BCUT2D eigenvalue weighted by Crippen LogP contribution is -2.26. The number of nitrogens with two attached hydrogens (primary N) is 3. The average molecular weight is 292 g/mol. The third-order valence-electron chi connectivity index (χ3n) is 2.77. The van der Waals surface area contributed by atoms with Crippen molar-refractivity contribution >= 4 is 0 Å². The van der Waals surface area contributed by atoms with Crippen LogP contribution in [0.25, 0.3) is 0 Å². The molecule has 0 aliphatic carbocycles. The molecule has 20 heavy (non-hydrogen) atoms. The monoisotopic (exact) mass is 292 g/mol. The maximum atomic E-state index is 12.9. The highest BCUT2D eigenvalue weighted by molar-refractivity contribution is 5.33. The lowest BCUT2D eigenvalue weighted by atomic mass is 10.0. The van der Waals surface area contributed by atoms with E-state index in [9.17, 15) is 13.2 Å². The Morgan fingerprint density at radius 3 is 2.40 bits per heavy atom. The molecule has 1 unspecified atom stereocenters. The van der Waals surface area contributed by atoms with E-state index in [1.165, 1.54) is 6.08 Å². The molecule has 0 heterocycles. The fourth-order valence-corrected chi connectivity index (χ4v) is 1.39. The van der Waals surface area contributed by atoms with Crippen LogP contribution in [0.15, 0.2) is 35.8 Å². The minimum Gasteiger partial charge on any atom is -0.404 e. The zero-order valence-corrected chi connectivity index (χ0v) is 11.6. The maximum Gasteiger partial charge on any atom is 0.419 e. The van der Waals surface area contributed by atoms with Gasteiger partial charge in [0.1, 0.15) is 0 Å². The van der Waals surface area contributed by atoms with Gasteiger partial charge in [-0.3, -0.25) is 0 Å². The van der Waals surface area contributed by atoms with E-state index in [4.69, 9.17) is 17.2 Å². The third-order valence-corrected chi connectivity index (χ3v) is 2.77. The molecule has 0 aromatic rings. The van der Waals surface area contributed by atoms with E-state index in [0.29, 0.717) is 37.8 Å². The van der Waals surface area contributed by atoms with Crippen LogP contribution in [0.1, 0.15) is 19.8 Å². The van der Waals surface area contributed by atoms with Crippen LogP contribution in [0, 0.1) is 5.92 Å². The molecule has 7 N–H and O–H groups in total. The first kappa shape index (κ1) is 18.4. The van der Waals surface area contributed by atoms with Crippen molar-refractivity contribution in [2.45, 2.75) is 25.9 Å². The van der Waals surface area contributed by atoms with E-state index >= 15 is 0 Å². The summed E-state index contributed by atoms with van der Waals surface area (Å²) < 4.78 is 38.6. The van der Waals surface area contributed by atoms with Crippen molar-refractivity contribution in [3.8, 4) is 0 Å². The second kappa shape index (κ2) is 8.52. The molecule has 1 atom stereocenters. The van der Waals surface area contributed by atoms with Gasteiger partial charge < -0.3 is 22.5 Å². The Labute approximate surface area is 117 Å². The lowest BCUT2D eigenvalue weighted by molar-refractivity contribution is -0.0900. The molecule has 0 aliphatic heterocycles. The molecule has 0 aromatic carbocycles. The fourth-order valence-electron chi connectivity index (χ4n) is 1.39. The zero-order chi connectivity index (χ0) is 15.8. The van der Waals surface area contributed by atoms with Crippen LogP contribution in [-0.4, -0.2) is 19.3 Å². The number of allylic oxidation sites excluding steroid dienone is 3. The molecular formula is C13H23F3N4. The third kappa shape index (κ3) is 6.51. The molecular weight excluding hydrogens is 269 g/mol. The van der Waals surface area contributed by atoms with Crippen LogP contribution < -0.4 is 22.5 Å². The topological polar surface area (TPSA) is 90.1 Å². The molecule has 0 radical (unpaired) electrons. The lowest BCUT2D eigenvalue weighted by Gasteiger charge is -2.18. The predicted octanol–water partition coefficient (Wildman–Crippen LogP) is 1.71. The predicted molar refractivity (Wildman–Crippen MR) is 75.2 cm³/mol. The SMILES string of the molecule is C=C(N)C(C)C/C=C(NCCCN)/C(=C\N)C(F)(F)F. The highest BCUT2D eigenvalue weighted by atomic mass is 19.4. The number of alkyl halides is 3. The van der Waals surface area contributed by atoms with Crippen molar-refractivity contribution < 1.29 is 13.2 Å². The van der Waals surface area contributed by atoms with Gasteiger partial charge in [0.25, 0.3) is 0 Å². The van der Waals surface area contributed by atoms with E-state index in [0.717, 1.165) is 0 Å². The normalized spacial score (nSPS) is 15.1.